The van der Waals surface area contributed by atoms with Crippen molar-refractivity contribution in [2.24, 2.45) is 0 Å². The fourth-order valence-corrected chi connectivity index (χ4v) is 7.71. The molecule has 0 amide bonds. The third-order valence-corrected chi connectivity index (χ3v) is 11.9. The zero-order valence-corrected chi connectivity index (χ0v) is 43.2. The molecule has 1 atom stereocenters. The van der Waals surface area contributed by atoms with Gasteiger partial charge in [-0.1, -0.05) is 246 Å². The van der Waals surface area contributed by atoms with Crippen molar-refractivity contribution in [2.75, 3.05) is 13.2 Å². The molecule has 0 aliphatic rings. The molecular weight excluding hydrogens is 813 g/mol. The maximum atomic E-state index is 12.3. The topological polar surface area (TPSA) is 72.8 Å². The molecule has 0 aromatic rings. The highest BCUT2D eigenvalue weighted by atomic mass is 16.6. The van der Waals surface area contributed by atoms with Crippen LogP contribution in [0.5, 0.6) is 0 Å². The Labute approximate surface area is 408 Å². The molecule has 5 nitrogen and oxygen atoms in total. The largest absolute Gasteiger partial charge is 0.462 e. The van der Waals surface area contributed by atoms with Gasteiger partial charge in [0.05, 0.1) is 6.61 Å². The first-order chi connectivity index (χ1) is 32.6. The fourth-order valence-electron chi connectivity index (χ4n) is 7.71. The molecular formula is C61H104O5. The van der Waals surface area contributed by atoms with E-state index in [1.54, 1.807) is 0 Å². The molecule has 0 aromatic carbocycles. The van der Waals surface area contributed by atoms with E-state index in [0.29, 0.717) is 12.8 Å². The molecule has 1 N–H and O–H groups in total. The lowest BCUT2D eigenvalue weighted by Crippen LogP contribution is -2.28. The minimum atomic E-state index is -0.787. The van der Waals surface area contributed by atoms with Gasteiger partial charge in [0.15, 0.2) is 6.10 Å². The van der Waals surface area contributed by atoms with Crippen molar-refractivity contribution in [1.29, 1.82) is 0 Å². The Bertz CT molecular complexity index is 1270. The van der Waals surface area contributed by atoms with Gasteiger partial charge in [0.1, 0.15) is 6.61 Å². The van der Waals surface area contributed by atoms with E-state index in [0.717, 1.165) is 89.9 Å². The molecule has 0 saturated carbocycles. The molecule has 0 bridgehead atoms. The summed E-state index contributed by atoms with van der Waals surface area (Å²) in [4.78, 5) is 24.5. The van der Waals surface area contributed by atoms with Gasteiger partial charge in [-0.25, -0.2) is 0 Å². The van der Waals surface area contributed by atoms with Crippen LogP contribution >= 0.6 is 0 Å². The minimum Gasteiger partial charge on any atom is -0.462 e. The van der Waals surface area contributed by atoms with Crippen molar-refractivity contribution >= 4 is 11.9 Å². The zero-order chi connectivity index (χ0) is 47.7. The Kier molecular flexibility index (Phi) is 53.4. The first kappa shape index (κ1) is 62.8. The second kappa shape index (κ2) is 56.1. The van der Waals surface area contributed by atoms with E-state index in [9.17, 15) is 14.7 Å². The molecule has 0 aliphatic carbocycles. The van der Waals surface area contributed by atoms with Crippen LogP contribution in [0.4, 0.5) is 0 Å². The third kappa shape index (κ3) is 53.4. The van der Waals surface area contributed by atoms with Gasteiger partial charge in [-0.3, -0.25) is 9.59 Å². The second-order valence-electron chi connectivity index (χ2n) is 18.3. The Morgan fingerprint density at radius 2 is 0.652 bits per heavy atom. The Balaban J connectivity index is 3.54. The van der Waals surface area contributed by atoms with Crippen molar-refractivity contribution in [1.82, 2.24) is 0 Å². The van der Waals surface area contributed by atoms with Gasteiger partial charge in [0, 0.05) is 12.8 Å². The first-order valence-corrected chi connectivity index (χ1v) is 27.8. The quantitative estimate of drug-likeness (QED) is 0.0374. The number of unbranched alkanes of at least 4 members (excludes halogenated alkanes) is 26. The Morgan fingerprint density at radius 3 is 0.985 bits per heavy atom. The zero-order valence-electron chi connectivity index (χ0n) is 43.2. The Morgan fingerprint density at radius 1 is 0.364 bits per heavy atom. The van der Waals surface area contributed by atoms with Crippen LogP contribution in [0, 0.1) is 0 Å². The van der Waals surface area contributed by atoms with Crippen molar-refractivity contribution in [3.8, 4) is 0 Å². The summed E-state index contributed by atoms with van der Waals surface area (Å²) in [5.74, 6) is -0.606. The number of hydrogen-bond acceptors (Lipinski definition) is 5. The van der Waals surface area contributed by atoms with Crippen LogP contribution in [0.15, 0.2) is 97.2 Å². The lowest BCUT2D eigenvalue weighted by Gasteiger charge is -2.15. The normalized spacial score (nSPS) is 13.0. The average molecular weight is 917 g/mol. The maximum absolute atomic E-state index is 12.3. The molecule has 66 heavy (non-hydrogen) atoms. The summed E-state index contributed by atoms with van der Waals surface area (Å²) in [5, 5.41) is 9.65. The standard InChI is InChI=1S/C61H104O5/c1-3-5-7-9-11-13-15-17-19-21-23-25-27-29-30-32-33-35-37-39-41-43-45-47-49-51-53-55-60(63)65-58-59(57-62)66-61(64)56-54-52-50-48-46-44-42-40-38-36-34-31-28-26-24-22-20-18-16-14-12-10-8-6-4-2/h6,8,12,14-15,17-18,20-21,23-24,26,31,34,38,40,59,62H,3-5,7,9-11,13,16,19,22,25,27-30,32-33,35-37,39,41-58H2,1-2H3/b8-6-,14-12-,17-15-,20-18-,23-21-,26-24-,34-31-,40-38-. The van der Waals surface area contributed by atoms with Gasteiger partial charge < -0.3 is 14.6 Å². The average Bonchev–Trinajstić information content (AvgIpc) is 3.32. The number of rotatable bonds is 50. The molecule has 0 spiro atoms. The van der Waals surface area contributed by atoms with Crippen molar-refractivity contribution in [3.63, 3.8) is 0 Å². The van der Waals surface area contributed by atoms with Gasteiger partial charge >= 0.3 is 11.9 Å². The molecule has 0 aliphatic heterocycles. The van der Waals surface area contributed by atoms with Gasteiger partial charge in [-0.15, -0.1) is 0 Å². The predicted molar refractivity (Wildman–Crippen MR) is 288 cm³/mol. The highest BCUT2D eigenvalue weighted by Crippen LogP contribution is 2.15. The molecule has 0 rings (SSSR count). The van der Waals surface area contributed by atoms with Crippen molar-refractivity contribution in [3.05, 3.63) is 97.2 Å². The number of allylic oxidation sites excluding steroid dienone is 16. The van der Waals surface area contributed by atoms with Crippen molar-refractivity contribution in [2.45, 2.75) is 264 Å². The predicted octanol–water partition coefficient (Wildman–Crippen LogP) is 18.7. The first-order valence-electron chi connectivity index (χ1n) is 27.8. The summed E-state index contributed by atoms with van der Waals surface area (Å²) >= 11 is 0. The molecule has 0 fully saturated rings. The lowest BCUT2D eigenvalue weighted by atomic mass is 10.0. The number of aliphatic hydroxyl groups is 1. The number of ether oxygens (including phenoxy) is 2. The van der Waals surface area contributed by atoms with Crippen LogP contribution in [0.1, 0.15) is 258 Å². The highest BCUT2D eigenvalue weighted by molar-refractivity contribution is 5.70. The number of aliphatic hydroxyl groups excluding tert-OH is 1. The lowest BCUT2D eigenvalue weighted by molar-refractivity contribution is -0.161. The highest BCUT2D eigenvalue weighted by Gasteiger charge is 2.16. The molecule has 0 saturated heterocycles. The molecule has 0 aromatic heterocycles. The Hall–Kier alpha value is -3.18. The molecule has 0 heterocycles. The summed E-state index contributed by atoms with van der Waals surface area (Å²) in [5.41, 5.74) is 0. The van der Waals surface area contributed by atoms with Crippen LogP contribution in [0.2, 0.25) is 0 Å². The van der Waals surface area contributed by atoms with E-state index in [1.807, 2.05) is 0 Å². The van der Waals surface area contributed by atoms with Crippen LogP contribution in [0.3, 0.4) is 0 Å². The smallest absolute Gasteiger partial charge is 0.306 e. The van der Waals surface area contributed by atoms with Gasteiger partial charge in [-0.05, 0) is 96.3 Å². The van der Waals surface area contributed by atoms with E-state index in [-0.39, 0.29) is 25.2 Å². The van der Waals surface area contributed by atoms with E-state index in [4.69, 9.17) is 9.47 Å². The summed E-state index contributed by atoms with van der Waals surface area (Å²) in [7, 11) is 0. The number of hydrogen-bond donors (Lipinski definition) is 1. The summed E-state index contributed by atoms with van der Waals surface area (Å²) < 4.78 is 10.7. The van der Waals surface area contributed by atoms with Crippen LogP contribution in [-0.2, 0) is 19.1 Å². The van der Waals surface area contributed by atoms with Crippen molar-refractivity contribution < 1.29 is 24.2 Å². The van der Waals surface area contributed by atoms with E-state index < -0.39 is 6.10 Å². The van der Waals surface area contributed by atoms with Gasteiger partial charge in [-0.2, -0.15) is 0 Å². The summed E-state index contributed by atoms with van der Waals surface area (Å²) in [6, 6.07) is 0. The van der Waals surface area contributed by atoms with E-state index in [1.165, 1.54) is 141 Å². The van der Waals surface area contributed by atoms with Crippen LogP contribution < -0.4 is 0 Å². The molecule has 5 heteroatoms. The molecule has 1 unspecified atom stereocenters. The van der Waals surface area contributed by atoms with E-state index >= 15 is 0 Å². The summed E-state index contributed by atoms with van der Waals surface area (Å²) in [6.45, 7) is 4.02. The molecule has 0 radical (unpaired) electrons. The fraction of sp³-hybridized carbons (Fsp3) is 0.705. The van der Waals surface area contributed by atoms with Gasteiger partial charge in [0.25, 0.3) is 0 Å². The van der Waals surface area contributed by atoms with Gasteiger partial charge in [0.2, 0.25) is 0 Å². The third-order valence-electron chi connectivity index (χ3n) is 11.9. The minimum absolute atomic E-state index is 0.0759. The summed E-state index contributed by atoms with van der Waals surface area (Å²) in [6.07, 6.45) is 79.4. The monoisotopic (exact) mass is 917 g/mol. The van der Waals surface area contributed by atoms with Crippen LogP contribution in [-0.4, -0.2) is 36.4 Å². The second-order valence-corrected chi connectivity index (χ2v) is 18.3. The number of carbonyl (C=O) groups excluding carboxylic acids is 2. The number of carbonyl (C=O) groups is 2. The van der Waals surface area contributed by atoms with Crippen LogP contribution in [0.25, 0.3) is 0 Å². The number of esters is 2. The maximum Gasteiger partial charge on any atom is 0.306 e. The SMILES string of the molecule is CC/C=C\C/C=C\C/C=C\C/C=C\C/C=C\C/C=C\CCCCCCCCC(=O)OC(CO)COC(=O)CCCCCCCCCCCCCCCCC/C=C\C/C=C\CCCCCCC. The van der Waals surface area contributed by atoms with E-state index in [2.05, 4.69) is 111 Å². The molecule has 378 valence electrons.